The van der Waals surface area contributed by atoms with Gasteiger partial charge in [-0.1, -0.05) is 0 Å². The first-order valence-corrected chi connectivity index (χ1v) is 11.1. The maximum absolute atomic E-state index is 5.51. The second-order valence-corrected chi connectivity index (χ2v) is 8.98. The van der Waals surface area contributed by atoms with E-state index in [9.17, 15) is 0 Å². The van der Waals surface area contributed by atoms with Crippen molar-refractivity contribution in [1.82, 2.24) is 15.1 Å². The zero-order valence-corrected chi connectivity index (χ0v) is 16.8. The Labute approximate surface area is 167 Å². The number of hydrogen-bond donors (Lipinski definition) is 1. The monoisotopic (exact) mass is 387 g/mol. The van der Waals surface area contributed by atoms with Crippen LogP contribution < -0.4 is 10.2 Å². The molecular weight excluding hydrogens is 354 g/mol. The third kappa shape index (κ3) is 4.26. The maximum atomic E-state index is 5.51. The first-order chi connectivity index (χ1) is 13.8. The molecule has 1 aromatic heterocycles. The van der Waals surface area contributed by atoms with Gasteiger partial charge in [-0.05, 0) is 55.6 Å². The highest BCUT2D eigenvalue weighted by molar-refractivity contribution is 5.44. The molecule has 0 amide bonds. The van der Waals surface area contributed by atoms with Gasteiger partial charge >= 0.3 is 0 Å². The molecule has 3 saturated heterocycles. The molecule has 7 heteroatoms. The van der Waals surface area contributed by atoms with Crippen LogP contribution in [-0.4, -0.2) is 80.3 Å². The molecule has 0 radical (unpaired) electrons. The van der Waals surface area contributed by atoms with Crippen LogP contribution in [0.2, 0.25) is 0 Å². The summed E-state index contributed by atoms with van der Waals surface area (Å²) in [5.41, 5.74) is 0. The molecule has 1 N–H and O–H groups in total. The zero-order valence-electron chi connectivity index (χ0n) is 16.8. The van der Waals surface area contributed by atoms with Gasteiger partial charge in [0.05, 0.1) is 13.2 Å². The number of morpholine rings is 1. The third-order valence-electron chi connectivity index (χ3n) is 7.02. The van der Waals surface area contributed by atoms with Gasteiger partial charge in [0.1, 0.15) is 5.82 Å². The fraction of sp³-hybridized carbons (Fsp3) is 0.810. The third-order valence-corrected chi connectivity index (χ3v) is 7.02. The Morgan fingerprint density at radius 2 is 1.64 bits per heavy atom. The Kier molecular flexibility index (Phi) is 5.65. The van der Waals surface area contributed by atoms with E-state index in [1.807, 2.05) is 0 Å². The molecule has 0 spiro atoms. The highest BCUT2D eigenvalue weighted by atomic mass is 16.5. The number of hydrogen-bond acceptors (Lipinski definition) is 7. The number of fused-ring (bicyclic) bond motifs is 1. The Bertz CT molecular complexity index is 616. The topological polar surface area (TPSA) is 62.8 Å². The van der Waals surface area contributed by atoms with Crippen LogP contribution in [0, 0.1) is 17.8 Å². The van der Waals surface area contributed by atoms with Crippen molar-refractivity contribution in [3.63, 3.8) is 0 Å². The standard InChI is InChI=1S/C21H33N5O2/c1-2-21(26-5-9-28-10-6-26)24-23-20(1)22-19-11-17-14-25(15-18(17)12-19)13-16-3-7-27-8-4-16/h1-2,16-19H,3-15H2,(H,22,23)/t17-,18?,19+/m1/s1. The minimum Gasteiger partial charge on any atom is -0.381 e. The number of ether oxygens (including phenoxy) is 2. The lowest BCUT2D eigenvalue weighted by Crippen LogP contribution is -2.36. The van der Waals surface area contributed by atoms with E-state index in [2.05, 4.69) is 37.4 Å². The van der Waals surface area contributed by atoms with Crippen LogP contribution in [0.15, 0.2) is 12.1 Å². The van der Waals surface area contributed by atoms with E-state index in [0.29, 0.717) is 6.04 Å². The molecule has 1 aromatic rings. The maximum Gasteiger partial charge on any atom is 0.151 e. The average molecular weight is 388 g/mol. The highest BCUT2D eigenvalue weighted by Gasteiger charge is 2.41. The van der Waals surface area contributed by atoms with Gasteiger partial charge in [-0.25, -0.2) is 0 Å². The van der Waals surface area contributed by atoms with Crippen LogP contribution in [0.3, 0.4) is 0 Å². The largest absolute Gasteiger partial charge is 0.381 e. The molecule has 4 aliphatic rings. The molecule has 7 nitrogen and oxygen atoms in total. The van der Waals surface area contributed by atoms with E-state index in [4.69, 9.17) is 9.47 Å². The zero-order chi connectivity index (χ0) is 18.8. The minimum absolute atomic E-state index is 0.545. The lowest BCUT2D eigenvalue weighted by Gasteiger charge is -2.28. The van der Waals surface area contributed by atoms with Crippen molar-refractivity contribution >= 4 is 11.6 Å². The van der Waals surface area contributed by atoms with Crippen molar-refractivity contribution in [2.24, 2.45) is 17.8 Å². The second kappa shape index (κ2) is 8.51. The summed E-state index contributed by atoms with van der Waals surface area (Å²) in [5, 5.41) is 12.5. The van der Waals surface area contributed by atoms with Crippen molar-refractivity contribution < 1.29 is 9.47 Å². The molecule has 4 fully saturated rings. The van der Waals surface area contributed by atoms with Gasteiger partial charge in [-0.2, -0.15) is 0 Å². The Balaban J connectivity index is 1.09. The quantitative estimate of drug-likeness (QED) is 0.827. The summed E-state index contributed by atoms with van der Waals surface area (Å²) in [5.74, 6) is 4.42. The fourth-order valence-corrected chi connectivity index (χ4v) is 5.53. The van der Waals surface area contributed by atoms with Gasteiger partial charge < -0.3 is 24.6 Å². The second-order valence-electron chi connectivity index (χ2n) is 8.98. The van der Waals surface area contributed by atoms with Crippen molar-refractivity contribution in [1.29, 1.82) is 0 Å². The smallest absolute Gasteiger partial charge is 0.151 e. The first-order valence-electron chi connectivity index (χ1n) is 11.1. The van der Waals surface area contributed by atoms with E-state index in [-0.39, 0.29) is 0 Å². The van der Waals surface area contributed by atoms with Crippen LogP contribution in [0.5, 0.6) is 0 Å². The van der Waals surface area contributed by atoms with Crippen molar-refractivity contribution in [3.8, 4) is 0 Å². The lowest BCUT2D eigenvalue weighted by molar-refractivity contribution is 0.0545. The van der Waals surface area contributed by atoms with Crippen LogP contribution in [0.25, 0.3) is 0 Å². The van der Waals surface area contributed by atoms with Gasteiger partial charge in [-0.3, -0.25) is 0 Å². The molecule has 1 aliphatic carbocycles. The summed E-state index contributed by atoms with van der Waals surface area (Å²) in [6.07, 6.45) is 5.02. The Morgan fingerprint density at radius 1 is 0.929 bits per heavy atom. The summed E-state index contributed by atoms with van der Waals surface area (Å²) in [4.78, 5) is 4.96. The average Bonchev–Trinajstić information content (AvgIpc) is 3.28. The van der Waals surface area contributed by atoms with E-state index < -0.39 is 0 Å². The van der Waals surface area contributed by atoms with E-state index in [1.165, 1.54) is 45.3 Å². The molecule has 3 aliphatic heterocycles. The van der Waals surface area contributed by atoms with Crippen molar-refractivity contribution in [2.45, 2.75) is 31.7 Å². The first kappa shape index (κ1) is 18.6. The number of aromatic nitrogens is 2. The van der Waals surface area contributed by atoms with Crippen LogP contribution in [0.4, 0.5) is 11.6 Å². The fourth-order valence-electron chi connectivity index (χ4n) is 5.53. The van der Waals surface area contributed by atoms with E-state index in [1.54, 1.807) is 0 Å². The van der Waals surface area contributed by atoms with Crippen LogP contribution in [0.1, 0.15) is 25.7 Å². The summed E-state index contributed by atoms with van der Waals surface area (Å²) in [6.45, 7) is 9.11. The SMILES string of the molecule is c1cc(N2CCOCC2)nnc1N[C@@H]1CC2CN(CC3CCOCC3)C[C@H]2C1. The predicted molar refractivity (Wildman–Crippen MR) is 109 cm³/mol. The molecule has 5 rings (SSSR count). The summed E-state index contributed by atoms with van der Waals surface area (Å²) < 4.78 is 10.9. The molecular formula is C21H33N5O2. The Morgan fingerprint density at radius 3 is 2.32 bits per heavy atom. The molecule has 0 aromatic carbocycles. The van der Waals surface area contributed by atoms with Crippen LogP contribution >= 0.6 is 0 Å². The van der Waals surface area contributed by atoms with E-state index in [0.717, 1.165) is 68.9 Å². The normalized spacial score (nSPS) is 31.9. The number of anilines is 2. The van der Waals surface area contributed by atoms with Gasteiger partial charge in [0.25, 0.3) is 0 Å². The number of nitrogens with one attached hydrogen (secondary N) is 1. The van der Waals surface area contributed by atoms with Gasteiger partial charge in [0.15, 0.2) is 5.82 Å². The molecule has 3 atom stereocenters. The van der Waals surface area contributed by atoms with Gasteiger partial charge in [0.2, 0.25) is 0 Å². The van der Waals surface area contributed by atoms with Gasteiger partial charge in [-0.15, -0.1) is 10.2 Å². The molecule has 28 heavy (non-hydrogen) atoms. The number of likely N-dealkylation sites (tertiary alicyclic amines) is 1. The van der Waals surface area contributed by atoms with Crippen molar-refractivity contribution in [2.75, 3.05) is 69.4 Å². The summed E-state index contributed by atoms with van der Waals surface area (Å²) >= 11 is 0. The summed E-state index contributed by atoms with van der Waals surface area (Å²) in [6, 6.07) is 4.72. The van der Waals surface area contributed by atoms with E-state index >= 15 is 0 Å². The number of nitrogens with zero attached hydrogens (tertiary/aromatic N) is 4. The predicted octanol–water partition coefficient (Wildman–Crippen LogP) is 1.86. The molecule has 1 unspecified atom stereocenters. The molecule has 0 bridgehead atoms. The minimum atomic E-state index is 0.545. The van der Waals surface area contributed by atoms with Gasteiger partial charge in [0, 0.05) is 52.0 Å². The number of rotatable bonds is 5. The summed E-state index contributed by atoms with van der Waals surface area (Å²) in [7, 11) is 0. The highest BCUT2D eigenvalue weighted by Crippen LogP contribution is 2.39. The lowest BCUT2D eigenvalue weighted by atomic mass is 10.00. The Hall–Kier alpha value is -1.44. The molecule has 1 saturated carbocycles. The molecule has 154 valence electrons. The molecule has 4 heterocycles. The van der Waals surface area contributed by atoms with Crippen molar-refractivity contribution in [3.05, 3.63) is 12.1 Å². The van der Waals surface area contributed by atoms with Crippen LogP contribution in [-0.2, 0) is 9.47 Å².